The van der Waals surface area contributed by atoms with Crippen LogP contribution in [0.1, 0.15) is 20.3 Å². The number of hydrogen-bond acceptors (Lipinski definition) is 4. The maximum atomic E-state index is 11.8. The molecule has 1 aromatic carbocycles. The lowest BCUT2D eigenvalue weighted by Gasteiger charge is -2.07. The number of rotatable bonds is 5. The first-order chi connectivity index (χ1) is 9.52. The number of para-hydroxylation sites is 1. The van der Waals surface area contributed by atoms with Gasteiger partial charge in [0, 0.05) is 5.71 Å². The van der Waals surface area contributed by atoms with Crippen LogP contribution in [0.4, 0.5) is 10.5 Å². The average molecular weight is 298 g/mol. The van der Waals surface area contributed by atoms with Crippen LogP contribution < -0.4 is 10.7 Å². The molecule has 0 radical (unpaired) electrons. The van der Waals surface area contributed by atoms with Crippen LogP contribution >= 0.6 is 11.6 Å². The summed E-state index contributed by atoms with van der Waals surface area (Å²) in [6.07, 6.45) is -0.615. The van der Waals surface area contributed by atoms with E-state index in [1.165, 1.54) is 0 Å². The summed E-state index contributed by atoms with van der Waals surface area (Å²) in [7, 11) is 0. The van der Waals surface area contributed by atoms with Gasteiger partial charge in [0.2, 0.25) is 5.91 Å². The Labute approximate surface area is 122 Å². The van der Waals surface area contributed by atoms with E-state index in [-0.39, 0.29) is 18.9 Å². The Morgan fingerprint density at radius 3 is 2.70 bits per heavy atom. The summed E-state index contributed by atoms with van der Waals surface area (Å²) in [6, 6.07) is 6.92. The van der Waals surface area contributed by atoms with Crippen molar-refractivity contribution in [2.24, 2.45) is 5.10 Å². The van der Waals surface area contributed by atoms with Gasteiger partial charge in [-0.25, -0.2) is 10.2 Å². The van der Waals surface area contributed by atoms with E-state index in [9.17, 15) is 9.59 Å². The molecular formula is C13H16ClN3O3. The summed E-state index contributed by atoms with van der Waals surface area (Å²) < 4.78 is 4.63. The predicted octanol–water partition coefficient (Wildman–Crippen LogP) is 2.79. The molecule has 0 bridgehead atoms. The van der Waals surface area contributed by atoms with Crippen molar-refractivity contribution in [3.8, 4) is 0 Å². The minimum atomic E-state index is -0.654. The molecule has 108 valence electrons. The van der Waals surface area contributed by atoms with Crippen LogP contribution in [0.15, 0.2) is 29.4 Å². The van der Waals surface area contributed by atoms with Crippen molar-refractivity contribution in [2.45, 2.75) is 20.3 Å². The summed E-state index contributed by atoms with van der Waals surface area (Å²) in [5.41, 5.74) is 3.16. The molecule has 1 aromatic rings. The van der Waals surface area contributed by atoms with Gasteiger partial charge in [-0.3, -0.25) is 4.79 Å². The summed E-state index contributed by atoms with van der Waals surface area (Å²) >= 11 is 5.92. The highest BCUT2D eigenvalue weighted by Gasteiger charge is 2.07. The zero-order chi connectivity index (χ0) is 15.0. The highest BCUT2D eigenvalue weighted by molar-refractivity contribution is 6.33. The Morgan fingerprint density at radius 1 is 1.35 bits per heavy atom. The first-order valence-corrected chi connectivity index (χ1v) is 6.41. The Kier molecular flexibility index (Phi) is 6.52. The Bertz CT molecular complexity index is 517. The van der Waals surface area contributed by atoms with Gasteiger partial charge in [-0.15, -0.1) is 0 Å². The van der Waals surface area contributed by atoms with Crippen LogP contribution in [0, 0.1) is 0 Å². The van der Waals surface area contributed by atoms with Crippen molar-refractivity contribution in [2.75, 3.05) is 11.9 Å². The summed E-state index contributed by atoms with van der Waals surface area (Å²) in [5.74, 6) is -0.273. The number of nitrogens with zero attached hydrogens (tertiary/aromatic N) is 1. The van der Waals surface area contributed by atoms with Crippen molar-refractivity contribution in [1.82, 2.24) is 5.43 Å². The van der Waals surface area contributed by atoms with Gasteiger partial charge < -0.3 is 10.1 Å². The first-order valence-electron chi connectivity index (χ1n) is 6.03. The molecule has 2 N–H and O–H groups in total. The van der Waals surface area contributed by atoms with Crippen molar-refractivity contribution in [3.63, 3.8) is 0 Å². The van der Waals surface area contributed by atoms with Gasteiger partial charge in [0.25, 0.3) is 0 Å². The van der Waals surface area contributed by atoms with Crippen molar-refractivity contribution in [3.05, 3.63) is 29.3 Å². The number of amides is 2. The molecule has 2 amide bonds. The normalized spacial score (nSPS) is 10.8. The molecule has 0 unspecified atom stereocenters. The molecule has 0 spiro atoms. The summed E-state index contributed by atoms with van der Waals surface area (Å²) in [4.78, 5) is 22.8. The molecule has 20 heavy (non-hydrogen) atoms. The molecule has 0 aromatic heterocycles. The second kappa shape index (κ2) is 8.16. The Balaban J connectivity index is 2.48. The fourth-order valence-electron chi connectivity index (χ4n) is 1.33. The third-order valence-corrected chi connectivity index (χ3v) is 2.51. The lowest BCUT2D eigenvalue weighted by atomic mass is 10.2. The molecular weight excluding hydrogens is 282 g/mol. The molecule has 0 saturated carbocycles. The fourth-order valence-corrected chi connectivity index (χ4v) is 1.52. The van der Waals surface area contributed by atoms with Gasteiger partial charge in [0.1, 0.15) is 0 Å². The van der Waals surface area contributed by atoms with E-state index in [0.29, 0.717) is 16.4 Å². The molecule has 6 nitrogen and oxygen atoms in total. The van der Waals surface area contributed by atoms with E-state index in [4.69, 9.17) is 11.6 Å². The number of hydrazone groups is 1. The van der Waals surface area contributed by atoms with Crippen LogP contribution in [-0.4, -0.2) is 24.3 Å². The molecule has 0 atom stereocenters. The maximum absolute atomic E-state index is 11.8. The topological polar surface area (TPSA) is 79.8 Å². The number of carbonyl (C=O) groups is 2. The molecule has 0 aliphatic rings. The zero-order valence-electron chi connectivity index (χ0n) is 11.3. The smallest absolute Gasteiger partial charge is 0.427 e. The third-order valence-electron chi connectivity index (χ3n) is 2.18. The highest BCUT2D eigenvalue weighted by Crippen LogP contribution is 2.20. The van der Waals surface area contributed by atoms with E-state index in [1.807, 2.05) is 0 Å². The molecule has 0 saturated heterocycles. The quantitative estimate of drug-likeness (QED) is 0.648. The van der Waals surface area contributed by atoms with Crippen molar-refractivity contribution >= 4 is 35.0 Å². The molecule has 7 heteroatoms. The average Bonchev–Trinajstić information content (AvgIpc) is 2.39. The zero-order valence-corrected chi connectivity index (χ0v) is 12.0. The van der Waals surface area contributed by atoms with Gasteiger partial charge in [-0.2, -0.15) is 5.10 Å². The van der Waals surface area contributed by atoms with Gasteiger partial charge >= 0.3 is 6.09 Å². The van der Waals surface area contributed by atoms with Gasteiger partial charge in [-0.05, 0) is 26.0 Å². The lowest BCUT2D eigenvalue weighted by Crippen LogP contribution is -2.22. The standard InChI is InChI=1S/C13H16ClN3O3/c1-3-20-13(19)17-16-9(2)8-12(18)15-11-7-5-4-6-10(11)14/h4-7H,3,8H2,1-2H3,(H,15,18)(H,17,19)/b16-9+. The minimum absolute atomic E-state index is 0.0393. The number of ether oxygens (including phenoxy) is 1. The van der Waals surface area contributed by atoms with E-state index in [1.54, 1.807) is 38.1 Å². The minimum Gasteiger partial charge on any atom is -0.449 e. The second-order valence-corrected chi connectivity index (χ2v) is 4.29. The highest BCUT2D eigenvalue weighted by atomic mass is 35.5. The van der Waals surface area contributed by atoms with Crippen LogP contribution in [0.25, 0.3) is 0 Å². The molecule has 0 fully saturated rings. The first kappa shape index (κ1) is 16.0. The Hall–Kier alpha value is -2.08. The number of anilines is 1. The van der Waals surface area contributed by atoms with Crippen LogP contribution in [0.3, 0.4) is 0 Å². The number of benzene rings is 1. The van der Waals surface area contributed by atoms with E-state index in [0.717, 1.165) is 0 Å². The van der Waals surface area contributed by atoms with E-state index in [2.05, 4.69) is 20.6 Å². The monoisotopic (exact) mass is 297 g/mol. The second-order valence-electron chi connectivity index (χ2n) is 3.88. The van der Waals surface area contributed by atoms with E-state index >= 15 is 0 Å². The van der Waals surface area contributed by atoms with Crippen LogP contribution in [0.5, 0.6) is 0 Å². The van der Waals surface area contributed by atoms with E-state index < -0.39 is 6.09 Å². The van der Waals surface area contributed by atoms with Crippen LogP contribution in [-0.2, 0) is 9.53 Å². The van der Waals surface area contributed by atoms with Crippen molar-refractivity contribution in [1.29, 1.82) is 0 Å². The summed E-state index contributed by atoms with van der Waals surface area (Å²) in [5, 5.41) is 6.86. The molecule has 0 heterocycles. The number of halogens is 1. The van der Waals surface area contributed by atoms with Crippen LogP contribution in [0.2, 0.25) is 5.02 Å². The van der Waals surface area contributed by atoms with Gasteiger partial charge in [0.05, 0.1) is 23.7 Å². The number of hydrogen-bond donors (Lipinski definition) is 2. The molecule has 0 aliphatic carbocycles. The lowest BCUT2D eigenvalue weighted by molar-refractivity contribution is -0.115. The summed E-state index contributed by atoms with van der Waals surface area (Å²) in [6.45, 7) is 3.57. The Morgan fingerprint density at radius 2 is 2.05 bits per heavy atom. The van der Waals surface area contributed by atoms with Gasteiger partial charge in [0.15, 0.2) is 0 Å². The number of carbonyl (C=O) groups excluding carboxylic acids is 2. The van der Waals surface area contributed by atoms with Gasteiger partial charge in [-0.1, -0.05) is 23.7 Å². The fraction of sp³-hybridized carbons (Fsp3) is 0.308. The molecule has 0 aliphatic heterocycles. The molecule has 1 rings (SSSR count). The number of nitrogens with one attached hydrogen (secondary N) is 2. The third kappa shape index (κ3) is 5.71. The van der Waals surface area contributed by atoms with Crippen molar-refractivity contribution < 1.29 is 14.3 Å². The maximum Gasteiger partial charge on any atom is 0.427 e. The largest absolute Gasteiger partial charge is 0.449 e. The SMILES string of the molecule is CCOC(=O)N/N=C(\C)CC(=O)Nc1ccccc1Cl. The predicted molar refractivity (Wildman–Crippen MR) is 78.0 cm³/mol.